The molecule has 6 heteroatoms. The lowest BCUT2D eigenvalue weighted by Gasteiger charge is -2.23. The van der Waals surface area contributed by atoms with Crippen molar-refractivity contribution in [2.24, 2.45) is 0 Å². The molecular weight excluding hydrogens is 332 g/mol. The van der Waals surface area contributed by atoms with Gasteiger partial charge in [0.1, 0.15) is 5.60 Å². The standard InChI is InChI=1S/C20H32N2O4/c1-20(2,3)26-19(23)22-12-13-24-14-16-4-6-17(7-5-16)15-25-18-8-10-21-11-9-18/h4-7,18,21H,8-15H2,1-3H3,(H,22,23). The molecule has 0 aliphatic carbocycles. The van der Waals surface area contributed by atoms with Gasteiger partial charge in [0.2, 0.25) is 0 Å². The van der Waals surface area contributed by atoms with E-state index in [9.17, 15) is 4.79 Å². The van der Waals surface area contributed by atoms with Crippen LogP contribution in [0, 0.1) is 0 Å². The van der Waals surface area contributed by atoms with Crippen molar-refractivity contribution < 1.29 is 19.0 Å². The van der Waals surface area contributed by atoms with E-state index in [1.807, 2.05) is 20.8 Å². The van der Waals surface area contributed by atoms with E-state index >= 15 is 0 Å². The molecule has 0 radical (unpaired) electrons. The highest BCUT2D eigenvalue weighted by atomic mass is 16.6. The van der Waals surface area contributed by atoms with E-state index in [0.717, 1.165) is 31.5 Å². The van der Waals surface area contributed by atoms with Crippen LogP contribution in [0.1, 0.15) is 44.7 Å². The summed E-state index contributed by atoms with van der Waals surface area (Å²) in [6.07, 6.45) is 2.13. The van der Waals surface area contributed by atoms with Crippen molar-refractivity contribution in [1.29, 1.82) is 0 Å². The zero-order valence-electron chi connectivity index (χ0n) is 16.2. The summed E-state index contributed by atoms with van der Waals surface area (Å²) in [5.74, 6) is 0. The molecule has 1 fully saturated rings. The van der Waals surface area contributed by atoms with Crippen molar-refractivity contribution in [3.05, 3.63) is 35.4 Å². The highest BCUT2D eigenvalue weighted by molar-refractivity contribution is 5.67. The SMILES string of the molecule is CC(C)(C)OC(=O)NCCOCc1ccc(COC2CCNCC2)cc1. The lowest BCUT2D eigenvalue weighted by molar-refractivity contribution is 0.0212. The number of ether oxygens (including phenoxy) is 3. The molecule has 0 aromatic heterocycles. The minimum Gasteiger partial charge on any atom is -0.444 e. The average Bonchev–Trinajstić information content (AvgIpc) is 2.60. The summed E-state index contributed by atoms with van der Waals surface area (Å²) in [6.45, 7) is 9.65. The fraction of sp³-hybridized carbons (Fsp3) is 0.650. The van der Waals surface area contributed by atoms with E-state index in [2.05, 4.69) is 34.9 Å². The van der Waals surface area contributed by atoms with Gasteiger partial charge in [0.15, 0.2) is 0 Å². The number of nitrogens with one attached hydrogen (secondary N) is 2. The van der Waals surface area contributed by atoms with Crippen molar-refractivity contribution >= 4 is 6.09 Å². The quantitative estimate of drug-likeness (QED) is 0.694. The van der Waals surface area contributed by atoms with Crippen LogP contribution in [0.15, 0.2) is 24.3 Å². The fourth-order valence-corrected chi connectivity index (χ4v) is 2.64. The predicted octanol–water partition coefficient (Wildman–Crippen LogP) is 3.00. The summed E-state index contributed by atoms with van der Waals surface area (Å²) < 4.78 is 16.7. The molecule has 6 nitrogen and oxygen atoms in total. The van der Waals surface area contributed by atoms with Crippen LogP contribution in [0.5, 0.6) is 0 Å². The first-order valence-electron chi connectivity index (χ1n) is 9.37. The monoisotopic (exact) mass is 364 g/mol. The number of amides is 1. The van der Waals surface area contributed by atoms with Crippen LogP contribution in [0.4, 0.5) is 4.79 Å². The topological polar surface area (TPSA) is 68.8 Å². The molecule has 0 atom stereocenters. The maximum absolute atomic E-state index is 11.5. The van der Waals surface area contributed by atoms with Crippen molar-refractivity contribution in [3.8, 4) is 0 Å². The molecule has 1 aromatic rings. The minimum absolute atomic E-state index is 0.372. The number of carbonyl (C=O) groups is 1. The number of carbonyl (C=O) groups excluding carboxylic acids is 1. The van der Waals surface area contributed by atoms with Gasteiger partial charge in [0.05, 0.1) is 25.9 Å². The third-order valence-corrected chi connectivity index (χ3v) is 3.98. The first-order valence-corrected chi connectivity index (χ1v) is 9.37. The lowest BCUT2D eigenvalue weighted by atomic mass is 10.1. The maximum Gasteiger partial charge on any atom is 0.407 e. The number of alkyl carbamates (subject to hydrolysis) is 1. The molecule has 0 saturated carbocycles. The van der Waals surface area contributed by atoms with Gasteiger partial charge in [-0.15, -0.1) is 0 Å². The molecule has 1 aromatic carbocycles. The number of hydrogen-bond donors (Lipinski definition) is 2. The van der Waals surface area contributed by atoms with Gasteiger partial charge in [-0.05, 0) is 57.8 Å². The first kappa shape index (κ1) is 20.7. The smallest absolute Gasteiger partial charge is 0.407 e. The van der Waals surface area contributed by atoms with Crippen molar-refractivity contribution in [2.75, 3.05) is 26.2 Å². The molecule has 26 heavy (non-hydrogen) atoms. The first-order chi connectivity index (χ1) is 12.4. The number of rotatable bonds is 8. The third kappa shape index (κ3) is 8.65. The van der Waals surface area contributed by atoms with E-state index in [1.165, 1.54) is 5.56 Å². The Labute approximate surface area is 156 Å². The molecule has 1 aliphatic rings. The molecule has 0 unspecified atom stereocenters. The Hall–Kier alpha value is -1.63. The van der Waals surface area contributed by atoms with Crippen LogP contribution in [-0.4, -0.2) is 44.0 Å². The van der Waals surface area contributed by atoms with Gasteiger partial charge in [-0.3, -0.25) is 0 Å². The molecule has 1 aliphatic heterocycles. The van der Waals surface area contributed by atoms with E-state index in [-0.39, 0.29) is 0 Å². The predicted molar refractivity (Wildman–Crippen MR) is 101 cm³/mol. The zero-order valence-corrected chi connectivity index (χ0v) is 16.2. The van der Waals surface area contributed by atoms with Gasteiger partial charge in [-0.1, -0.05) is 24.3 Å². The van der Waals surface area contributed by atoms with Crippen LogP contribution in [0.3, 0.4) is 0 Å². The van der Waals surface area contributed by atoms with Gasteiger partial charge in [-0.2, -0.15) is 0 Å². The van der Waals surface area contributed by atoms with Gasteiger partial charge in [0, 0.05) is 6.54 Å². The summed E-state index contributed by atoms with van der Waals surface area (Å²) in [4.78, 5) is 11.5. The molecule has 146 valence electrons. The second-order valence-electron chi connectivity index (χ2n) is 7.56. The van der Waals surface area contributed by atoms with Crippen LogP contribution in [0.25, 0.3) is 0 Å². The lowest BCUT2D eigenvalue weighted by Crippen LogP contribution is -2.34. The number of benzene rings is 1. The van der Waals surface area contributed by atoms with Crippen molar-refractivity contribution in [1.82, 2.24) is 10.6 Å². The fourth-order valence-electron chi connectivity index (χ4n) is 2.64. The summed E-state index contributed by atoms with van der Waals surface area (Å²) in [7, 11) is 0. The highest BCUT2D eigenvalue weighted by Gasteiger charge is 2.15. The minimum atomic E-state index is -0.482. The zero-order chi connectivity index (χ0) is 18.8. The Morgan fingerprint density at radius 3 is 2.35 bits per heavy atom. The maximum atomic E-state index is 11.5. The third-order valence-electron chi connectivity index (χ3n) is 3.98. The Balaban J connectivity index is 1.58. The molecule has 0 bridgehead atoms. The van der Waals surface area contributed by atoms with Crippen molar-refractivity contribution in [2.45, 2.75) is 58.5 Å². The van der Waals surface area contributed by atoms with E-state index in [1.54, 1.807) is 0 Å². The molecule has 2 N–H and O–H groups in total. The Kier molecular flexibility index (Phi) is 8.35. The Morgan fingerprint density at radius 1 is 1.12 bits per heavy atom. The molecule has 0 spiro atoms. The van der Waals surface area contributed by atoms with Gasteiger partial charge < -0.3 is 24.8 Å². The van der Waals surface area contributed by atoms with Crippen LogP contribution in [-0.2, 0) is 27.4 Å². The largest absolute Gasteiger partial charge is 0.444 e. The van der Waals surface area contributed by atoms with E-state index in [4.69, 9.17) is 14.2 Å². The second-order valence-corrected chi connectivity index (χ2v) is 7.56. The molecular formula is C20H32N2O4. The van der Waals surface area contributed by atoms with Gasteiger partial charge >= 0.3 is 6.09 Å². The van der Waals surface area contributed by atoms with E-state index in [0.29, 0.717) is 32.5 Å². The Bertz CT molecular complexity index is 534. The second kappa shape index (κ2) is 10.5. The summed E-state index contributed by atoms with van der Waals surface area (Å²) >= 11 is 0. The number of piperidine rings is 1. The molecule has 1 amide bonds. The summed E-state index contributed by atoms with van der Waals surface area (Å²) in [6, 6.07) is 8.28. The summed E-state index contributed by atoms with van der Waals surface area (Å²) in [5.41, 5.74) is 1.80. The number of hydrogen-bond acceptors (Lipinski definition) is 5. The van der Waals surface area contributed by atoms with Gasteiger partial charge in [-0.25, -0.2) is 4.79 Å². The van der Waals surface area contributed by atoms with Crippen LogP contribution >= 0.6 is 0 Å². The average molecular weight is 364 g/mol. The molecule has 1 heterocycles. The highest BCUT2D eigenvalue weighted by Crippen LogP contribution is 2.12. The van der Waals surface area contributed by atoms with E-state index < -0.39 is 11.7 Å². The Morgan fingerprint density at radius 2 is 1.73 bits per heavy atom. The molecule has 1 saturated heterocycles. The normalized spacial score (nSPS) is 15.7. The van der Waals surface area contributed by atoms with Gasteiger partial charge in [0.25, 0.3) is 0 Å². The van der Waals surface area contributed by atoms with Crippen molar-refractivity contribution in [3.63, 3.8) is 0 Å². The summed E-state index contributed by atoms with van der Waals surface area (Å²) in [5, 5.41) is 6.02. The van der Waals surface area contributed by atoms with Crippen LogP contribution in [0.2, 0.25) is 0 Å². The molecule has 2 rings (SSSR count). The van der Waals surface area contributed by atoms with Crippen LogP contribution < -0.4 is 10.6 Å².